The molecule has 16 heavy (non-hydrogen) atoms. The average Bonchev–Trinajstić information content (AvgIpc) is 2.57. The fourth-order valence-electron chi connectivity index (χ4n) is 1.71. The van der Waals surface area contributed by atoms with Gasteiger partial charge in [0.1, 0.15) is 0 Å². The molecule has 1 nitrogen and oxygen atoms in total. The Labute approximate surface area is 112 Å². The second kappa shape index (κ2) is 6.18. The number of nitrogens with one attached hydrogen (secondary N) is 1. The summed E-state index contributed by atoms with van der Waals surface area (Å²) < 4.78 is 1.21. The molecule has 0 saturated carbocycles. The van der Waals surface area contributed by atoms with Crippen LogP contribution in [-0.2, 0) is 6.42 Å². The summed E-state index contributed by atoms with van der Waals surface area (Å²) in [5.74, 6) is 0.693. The lowest BCUT2D eigenvalue weighted by Crippen LogP contribution is -2.33. The minimum atomic E-state index is 0.360. The van der Waals surface area contributed by atoms with E-state index in [1.165, 1.54) is 15.8 Å². The van der Waals surface area contributed by atoms with Gasteiger partial charge in [-0.15, -0.1) is 11.3 Å². The summed E-state index contributed by atoms with van der Waals surface area (Å²) in [7, 11) is 0. The maximum atomic E-state index is 3.52. The predicted octanol–water partition coefficient (Wildman–Crippen LogP) is 4.32. The van der Waals surface area contributed by atoms with E-state index in [4.69, 9.17) is 0 Å². The van der Waals surface area contributed by atoms with E-state index >= 15 is 0 Å². The van der Waals surface area contributed by atoms with Crippen LogP contribution in [0, 0.1) is 11.3 Å². The lowest BCUT2D eigenvalue weighted by Gasteiger charge is -2.30. The molecular weight excluding hydrogens is 282 g/mol. The number of thiophene rings is 1. The second-order valence-corrected chi connectivity index (χ2v) is 7.22. The van der Waals surface area contributed by atoms with Crippen LogP contribution in [0.2, 0.25) is 0 Å². The zero-order chi connectivity index (χ0) is 12.2. The molecule has 1 aromatic heterocycles. The van der Waals surface area contributed by atoms with E-state index in [0.717, 1.165) is 13.1 Å². The topological polar surface area (TPSA) is 12.0 Å². The summed E-state index contributed by atoms with van der Waals surface area (Å²) in [6, 6.07) is 2.25. The van der Waals surface area contributed by atoms with Crippen LogP contribution >= 0.6 is 27.3 Å². The van der Waals surface area contributed by atoms with Crippen molar-refractivity contribution in [2.75, 3.05) is 13.1 Å². The third kappa shape index (κ3) is 4.56. The molecule has 1 N–H and O–H groups in total. The van der Waals surface area contributed by atoms with Crippen LogP contribution < -0.4 is 5.32 Å². The van der Waals surface area contributed by atoms with Crippen molar-refractivity contribution < 1.29 is 0 Å². The summed E-state index contributed by atoms with van der Waals surface area (Å²) in [4.78, 5) is 1.48. The van der Waals surface area contributed by atoms with Gasteiger partial charge in [0.15, 0.2) is 0 Å². The third-order valence-corrected chi connectivity index (χ3v) is 4.65. The molecule has 1 rings (SSSR count). The molecule has 0 aliphatic heterocycles. The molecule has 0 spiro atoms. The average molecular weight is 304 g/mol. The molecule has 0 fully saturated rings. The Balaban J connectivity index is 2.63. The molecule has 0 aliphatic carbocycles. The van der Waals surface area contributed by atoms with E-state index < -0.39 is 0 Å². The maximum absolute atomic E-state index is 3.52. The van der Waals surface area contributed by atoms with Crippen molar-refractivity contribution in [1.29, 1.82) is 0 Å². The van der Waals surface area contributed by atoms with Gasteiger partial charge in [0, 0.05) is 14.7 Å². The van der Waals surface area contributed by atoms with Gasteiger partial charge in [-0.25, -0.2) is 0 Å². The maximum Gasteiger partial charge on any atom is 0.0285 e. The molecule has 3 heteroatoms. The van der Waals surface area contributed by atoms with E-state index in [1.807, 2.05) is 11.3 Å². The minimum absolute atomic E-state index is 0.360. The van der Waals surface area contributed by atoms with Crippen molar-refractivity contribution in [1.82, 2.24) is 5.32 Å². The van der Waals surface area contributed by atoms with Gasteiger partial charge in [0.25, 0.3) is 0 Å². The summed E-state index contributed by atoms with van der Waals surface area (Å²) in [5, 5.41) is 5.64. The van der Waals surface area contributed by atoms with E-state index in [9.17, 15) is 0 Å². The van der Waals surface area contributed by atoms with Gasteiger partial charge in [-0.2, -0.15) is 0 Å². The normalized spacial score (nSPS) is 14.1. The SMILES string of the molecule is CCNCC(Cc1cc(Br)cs1)C(C)(C)C. The quantitative estimate of drug-likeness (QED) is 0.854. The van der Waals surface area contributed by atoms with Crippen LogP contribution in [0.25, 0.3) is 0 Å². The minimum Gasteiger partial charge on any atom is -0.317 e. The highest BCUT2D eigenvalue weighted by Crippen LogP contribution is 2.31. The molecule has 0 bridgehead atoms. The number of hydrogen-bond acceptors (Lipinski definition) is 2. The molecule has 0 aliphatic rings. The van der Waals surface area contributed by atoms with E-state index in [-0.39, 0.29) is 0 Å². The van der Waals surface area contributed by atoms with Gasteiger partial charge >= 0.3 is 0 Å². The Kier molecular flexibility index (Phi) is 5.48. The zero-order valence-electron chi connectivity index (χ0n) is 10.6. The summed E-state index contributed by atoms with van der Waals surface area (Å²) >= 11 is 5.37. The van der Waals surface area contributed by atoms with Gasteiger partial charge in [-0.1, -0.05) is 27.7 Å². The number of halogens is 1. The van der Waals surface area contributed by atoms with Crippen LogP contribution in [0.3, 0.4) is 0 Å². The Morgan fingerprint density at radius 2 is 2.12 bits per heavy atom. The molecule has 92 valence electrons. The van der Waals surface area contributed by atoms with Crippen molar-refractivity contribution in [3.63, 3.8) is 0 Å². The molecule has 1 unspecified atom stereocenters. The van der Waals surface area contributed by atoms with Crippen LogP contribution in [-0.4, -0.2) is 13.1 Å². The fourth-order valence-corrected chi connectivity index (χ4v) is 3.24. The van der Waals surface area contributed by atoms with Gasteiger partial charge in [0.2, 0.25) is 0 Å². The largest absolute Gasteiger partial charge is 0.317 e. The monoisotopic (exact) mass is 303 g/mol. The molecule has 1 aromatic rings. The van der Waals surface area contributed by atoms with Crippen molar-refractivity contribution in [2.45, 2.75) is 34.1 Å². The standard InChI is InChI=1S/C13H22BrNS/c1-5-15-8-10(13(2,3)4)6-12-7-11(14)9-16-12/h7,9-10,15H,5-6,8H2,1-4H3. The predicted molar refractivity (Wildman–Crippen MR) is 77.2 cm³/mol. The zero-order valence-corrected chi connectivity index (χ0v) is 13.0. The van der Waals surface area contributed by atoms with Gasteiger partial charge in [0.05, 0.1) is 0 Å². The molecule has 0 amide bonds. The van der Waals surface area contributed by atoms with Crippen molar-refractivity contribution >= 4 is 27.3 Å². The van der Waals surface area contributed by atoms with Crippen LogP contribution in [0.4, 0.5) is 0 Å². The molecule has 0 radical (unpaired) electrons. The molecule has 0 saturated heterocycles. The molecule has 0 aromatic carbocycles. The third-order valence-electron chi connectivity index (χ3n) is 2.93. The van der Waals surface area contributed by atoms with Gasteiger partial charge in [-0.3, -0.25) is 0 Å². The molecular formula is C13H22BrNS. The van der Waals surface area contributed by atoms with Crippen molar-refractivity contribution in [2.24, 2.45) is 11.3 Å². The fraction of sp³-hybridized carbons (Fsp3) is 0.692. The first-order valence-electron chi connectivity index (χ1n) is 5.87. The Morgan fingerprint density at radius 1 is 1.44 bits per heavy atom. The van der Waals surface area contributed by atoms with Crippen LogP contribution in [0.1, 0.15) is 32.6 Å². The highest BCUT2D eigenvalue weighted by molar-refractivity contribution is 9.10. The highest BCUT2D eigenvalue weighted by Gasteiger charge is 2.24. The summed E-state index contributed by atoms with van der Waals surface area (Å²) in [5.41, 5.74) is 0.360. The number of hydrogen-bond donors (Lipinski definition) is 1. The van der Waals surface area contributed by atoms with Crippen molar-refractivity contribution in [3.05, 3.63) is 20.8 Å². The lowest BCUT2D eigenvalue weighted by molar-refractivity contribution is 0.233. The second-order valence-electron chi connectivity index (χ2n) is 5.31. The first-order valence-corrected chi connectivity index (χ1v) is 7.54. The van der Waals surface area contributed by atoms with Crippen LogP contribution in [0.15, 0.2) is 15.9 Å². The molecule has 1 heterocycles. The Bertz CT molecular complexity index is 314. The summed E-state index contributed by atoms with van der Waals surface area (Å²) in [6.07, 6.45) is 1.17. The lowest BCUT2D eigenvalue weighted by atomic mass is 9.78. The number of rotatable bonds is 5. The van der Waals surface area contributed by atoms with Gasteiger partial charge in [-0.05, 0) is 52.8 Å². The van der Waals surface area contributed by atoms with Gasteiger partial charge < -0.3 is 5.32 Å². The first-order chi connectivity index (χ1) is 7.43. The highest BCUT2D eigenvalue weighted by atomic mass is 79.9. The van der Waals surface area contributed by atoms with E-state index in [2.05, 4.69) is 60.4 Å². The van der Waals surface area contributed by atoms with E-state index in [0.29, 0.717) is 11.3 Å². The Morgan fingerprint density at radius 3 is 2.56 bits per heavy atom. The van der Waals surface area contributed by atoms with Crippen molar-refractivity contribution in [3.8, 4) is 0 Å². The summed E-state index contributed by atoms with van der Waals surface area (Å²) in [6.45, 7) is 11.3. The molecule has 1 atom stereocenters. The smallest absolute Gasteiger partial charge is 0.0285 e. The first kappa shape index (κ1) is 14.2. The van der Waals surface area contributed by atoms with E-state index in [1.54, 1.807) is 0 Å². The van der Waals surface area contributed by atoms with Crippen LogP contribution in [0.5, 0.6) is 0 Å². The Hall–Kier alpha value is 0.140.